The van der Waals surface area contributed by atoms with Gasteiger partial charge in [-0.1, -0.05) is 42.1 Å². The molecule has 0 spiro atoms. The molecule has 0 aliphatic heterocycles. The molecule has 0 aliphatic carbocycles. The second-order valence-corrected chi connectivity index (χ2v) is 3.87. The Morgan fingerprint density at radius 1 is 1.40 bits per heavy atom. The zero-order valence-corrected chi connectivity index (χ0v) is 11.2. The molecule has 104 valence electrons. The smallest absolute Gasteiger partial charge is 0.333 e. The van der Waals surface area contributed by atoms with Crippen molar-refractivity contribution in [3.05, 3.63) is 54.1 Å². The molecule has 5 nitrogen and oxygen atoms in total. The first-order valence-electron chi connectivity index (χ1n) is 5.92. The van der Waals surface area contributed by atoms with Gasteiger partial charge in [-0.3, -0.25) is 5.41 Å². The summed E-state index contributed by atoms with van der Waals surface area (Å²) in [5.41, 5.74) is 1.28. The number of nitrogens with one attached hydrogen (secondary N) is 1. The Hall–Kier alpha value is -2.69. The number of rotatable bonds is 6. The molecule has 0 aromatic heterocycles. The Bertz CT molecular complexity index is 533. The maximum Gasteiger partial charge on any atom is 0.333 e. The summed E-state index contributed by atoms with van der Waals surface area (Å²) in [5.74, 6) is -0.605. The van der Waals surface area contributed by atoms with E-state index in [2.05, 4.69) is 11.7 Å². The molecule has 5 heteroatoms. The van der Waals surface area contributed by atoms with Crippen molar-refractivity contribution in [3.8, 4) is 0 Å². The molecule has 0 saturated carbocycles. The molecule has 0 atom stereocenters. The molecule has 1 N–H and O–H groups in total. The van der Waals surface area contributed by atoms with Crippen LogP contribution in [0.5, 0.6) is 0 Å². The highest BCUT2D eigenvalue weighted by Gasteiger charge is 2.00. The summed E-state index contributed by atoms with van der Waals surface area (Å²) < 4.78 is 4.76. The third-order valence-corrected chi connectivity index (χ3v) is 2.09. The van der Waals surface area contributed by atoms with E-state index in [1.54, 1.807) is 13.0 Å². The van der Waals surface area contributed by atoms with Crippen molar-refractivity contribution in [2.45, 2.75) is 6.92 Å². The van der Waals surface area contributed by atoms with E-state index in [1.165, 1.54) is 12.3 Å². The Labute approximate surface area is 117 Å². The van der Waals surface area contributed by atoms with Gasteiger partial charge in [0.15, 0.2) is 0 Å². The van der Waals surface area contributed by atoms with Gasteiger partial charge in [0.25, 0.3) is 0 Å². The van der Waals surface area contributed by atoms with Crippen LogP contribution < -0.4 is 0 Å². The second kappa shape index (κ2) is 8.42. The van der Waals surface area contributed by atoms with Crippen molar-refractivity contribution < 1.29 is 14.4 Å². The van der Waals surface area contributed by atoms with Crippen LogP contribution in [-0.2, 0) is 14.4 Å². The van der Waals surface area contributed by atoms with E-state index in [4.69, 9.17) is 15.0 Å². The summed E-state index contributed by atoms with van der Waals surface area (Å²) in [4.78, 5) is 15.8. The molecule has 20 heavy (non-hydrogen) atoms. The Kier molecular flexibility index (Phi) is 6.47. The lowest BCUT2D eigenvalue weighted by atomic mass is 10.2. The first kappa shape index (κ1) is 15.4. The van der Waals surface area contributed by atoms with Gasteiger partial charge in [-0.2, -0.15) is 0 Å². The number of nitrogens with zero attached hydrogens (tertiary/aromatic N) is 1. The summed E-state index contributed by atoms with van der Waals surface area (Å²) in [7, 11) is 0. The topological polar surface area (TPSA) is 71.7 Å². The Morgan fingerprint density at radius 2 is 2.10 bits per heavy atom. The fraction of sp³-hybridized carbons (Fsp3) is 0.133. The predicted octanol–water partition coefficient (Wildman–Crippen LogP) is 2.80. The number of carbonyl (C=O) groups is 1. The number of esters is 1. The largest absolute Gasteiger partial charge is 0.456 e. The van der Waals surface area contributed by atoms with Gasteiger partial charge < -0.3 is 9.57 Å². The van der Waals surface area contributed by atoms with Crippen molar-refractivity contribution in [2.75, 3.05) is 6.61 Å². The van der Waals surface area contributed by atoms with Gasteiger partial charge in [0.2, 0.25) is 5.90 Å². The number of carbonyl (C=O) groups excluding carboxylic acids is 1. The first-order valence-corrected chi connectivity index (χ1v) is 5.92. The zero-order valence-electron chi connectivity index (χ0n) is 11.2. The minimum atomic E-state index is -0.490. The molecule has 0 fully saturated rings. The van der Waals surface area contributed by atoms with Gasteiger partial charge in [-0.25, -0.2) is 4.79 Å². The average molecular weight is 272 g/mol. The quantitative estimate of drug-likeness (QED) is 0.284. The average Bonchev–Trinajstić information content (AvgIpc) is 2.45. The van der Waals surface area contributed by atoms with Crippen LogP contribution in [0.25, 0.3) is 6.08 Å². The van der Waals surface area contributed by atoms with Gasteiger partial charge in [-0.15, -0.1) is 0 Å². The molecule has 0 unspecified atom stereocenters. The van der Waals surface area contributed by atoms with Crippen LogP contribution in [0.3, 0.4) is 0 Å². The van der Waals surface area contributed by atoms with E-state index < -0.39 is 5.97 Å². The Balaban J connectivity index is 2.28. The van der Waals surface area contributed by atoms with Crippen molar-refractivity contribution >= 4 is 24.2 Å². The lowest BCUT2D eigenvalue weighted by Crippen LogP contribution is -2.07. The van der Waals surface area contributed by atoms with Gasteiger partial charge in [-0.05, 0) is 18.6 Å². The SMILES string of the molecule is C=C(C)C(=O)OCC=NOC(=N)/C=C/c1ccccc1. The molecular formula is C15H16N2O3. The third-order valence-electron chi connectivity index (χ3n) is 2.09. The lowest BCUT2D eigenvalue weighted by molar-refractivity contribution is -0.137. The zero-order chi connectivity index (χ0) is 14.8. The highest BCUT2D eigenvalue weighted by Crippen LogP contribution is 2.01. The normalized spacial score (nSPS) is 10.7. The molecule has 0 saturated heterocycles. The van der Waals surface area contributed by atoms with Crippen LogP contribution in [0.15, 0.2) is 53.7 Å². The molecule has 1 aromatic carbocycles. The first-order chi connectivity index (χ1) is 9.59. The molecule has 0 bridgehead atoms. The van der Waals surface area contributed by atoms with Crippen LogP contribution in [-0.4, -0.2) is 24.7 Å². The predicted molar refractivity (Wildman–Crippen MR) is 78.6 cm³/mol. The van der Waals surface area contributed by atoms with Gasteiger partial charge in [0, 0.05) is 11.6 Å². The van der Waals surface area contributed by atoms with E-state index in [0.717, 1.165) is 5.56 Å². The van der Waals surface area contributed by atoms with Crippen LogP contribution in [0.4, 0.5) is 0 Å². The maximum absolute atomic E-state index is 11.0. The fourth-order valence-electron chi connectivity index (χ4n) is 1.13. The molecule has 1 rings (SSSR count). The van der Waals surface area contributed by atoms with Gasteiger partial charge in [0.1, 0.15) is 6.61 Å². The van der Waals surface area contributed by atoms with Crippen LogP contribution in [0.1, 0.15) is 12.5 Å². The molecular weight excluding hydrogens is 256 g/mol. The summed E-state index contributed by atoms with van der Waals surface area (Å²) >= 11 is 0. The van der Waals surface area contributed by atoms with E-state index in [0.29, 0.717) is 5.57 Å². The fourth-order valence-corrected chi connectivity index (χ4v) is 1.13. The molecule has 0 amide bonds. The Morgan fingerprint density at radius 3 is 2.75 bits per heavy atom. The molecule has 0 heterocycles. The lowest BCUT2D eigenvalue weighted by Gasteiger charge is -1.99. The minimum absolute atomic E-state index is 0.0264. The summed E-state index contributed by atoms with van der Waals surface area (Å²) in [5, 5.41) is 11.0. The molecule has 0 radical (unpaired) electrons. The maximum atomic E-state index is 11.0. The molecule has 0 aliphatic rings. The van der Waals surface area contributed by atoms with E-state index in [-0.39, 0.29) is 12.5 Å². The van der Waals surface area contributed by atoms with Crippen LogP contribution >= 0.6 is 0 Å². The highest BCUT2D eigenvalue weighted by molar-refractivity contribution is 5.89. The van der Waals surface area contributed by atoms with Crippen molar-refractivity contribution in [2.24, 2.45) is 5.16 Å². The number of hydrogen-bond acceptors (Lipinski definition) is 5. The standard InChI is InChI=1S/C15H16N2O3/c1-12(2)15(18)19-11-10-17-20-14(16)9-8-13-6-4-3-5-7-13/h3-10,16H,1,11H2,2H3/b9-8+,16-14?,17-10?. The van der Waals surface area contributed by atoms with Gasteiger partial charge >= 0.3 is 5.97 Å². The number of hydrogen-bond donors (Lipinski definition) is 1. The summed E-state index contributed by atoms with van der Waals surface area (Å²) in [6.07, 6.45) is 4.47. The summed E-state index contributed by atoms with van der Waals surface area (Å²) in [6.45, 7) is 4.97. The second-order valence-electron chi connectivity index (χ2n) is 3.87. The van der Waals surface area contributed by atoms with Crippen LogP contribution in [0.2, 0.25) is 0 Å². The number of ether oxygens (including phenoxy) is 1. The third kappa shape index (κ3) is 6.30. The van der Waals surface area contributed by atoms with Crippen molar-refractivity contribution in [1.29, 1.82) is 5.41 Å². The number of oxime groups is 1. The summed E-state index contributed by atoms with van der Waals surface area (Å²) in [6, 6.07) is 9.53. The van der Waals surface area contributed by atoms with Crippen molar-refractivity contribution in [3.63, 3.8) is 0 Å². The van der Waals surface area contributed by atoms with Crippen LogP contribution in [0, 0.1) is 5.41 Å². The molecule has 1 aromatic rings. The number of benzene rings is 1. The van der Waals surface area contributed by atoms with E-state index >= 15 is 0 Å². The highest BCUT2D eigenvalue weighted by atomic mass is 16.6. The van der Waals surface area contributed by atoms with E-state index in [1.807, 2.05) is 30.3 Å². The van der Waals surface area contributed by atoms with E-state index in [9.17, 15) is 4.79 Å². The monoisotopic (exact) mass is 272 g/mol. The van der Waals surface area contributed by atoms with Crippen molar-refractivity contribution in [1.82, 2.24) is 0 Å². The minimum Gasteiger partial charge on any atom is -0.456 e. The van der Waals surface area contributed by atoms with Gasteiger partial charge in [0.05, 0.1) is 6.21 Å².